The average Bonchev–Trinajstić information content (AvgIpc) is 3.53. The maximum absolute atomic E-state index is 9.73. The third-order valence-electron chi connectivity index (χ3n) is 6.72. The summed E-state index contributed by atoms with van der Waals surface area (Å²) in [6, 6.07) is 22.5. The molecule has 35 heavy (non-hydrogen) atoms. The van der Waals surface area contributed by atoms with E-state index in [4.69, 9.17) is 20.9 Å². The molecular weight excluding hydrogens is 460 g/mol. The van der Waals surface area contributed by atoms with E-state index in [9.17, 15) is 5.11 Å². The van der Waals surface area contributed by atoms with Crippen LogP contribution in [0, 0.1) is 5.92 Å². The Morgan fingerprint density at radius 1 is 1.03 bits per heavy atom. The Morgan fingerprint density at radius 2 is 1.77 bits per heavy atom. The fraction of sp³-hybridized carbons (Fsp3) is 0.276. The number of aromatic hydroxyl groups is 1. The molecule has 1 atom stereocenters. The van der Waals surface area contributed by atoms with E-state index in [2.05, 4.69) is 17.0 Å². The van der Waals surface area contributed by atoms with E-state index in [-0.39, 0.29) is 5.75 Å². The number of hydrogen-bond acceptors (Lipinski definition) is 5. The highest BCUT2D eigenvalue weighted by atomic mass is 35.5. The van der Waals surface area contributed by atoms with Gasteiger partial charge in [0.15, 0.2) is 5.76 Å². The molecule has 5 nitrogen and oxygen atoms in total. The highest BCUT2D eigenvalue weighted by molar-refractivity contribution is 6.33. The van der Waals surface area contributed by atoms with Gasteiger partial charge in [-0.05, 0) is 66.9 Å². The molecule has 1 N–H and O–H groups in total. The second kappa shape index (κ2) is 10.5. The van der Waals surface area contributed by atoms with E-state index in [1.165, 1.54) is 25.9 Å². The lowest BCUT2D eigenvalue weighted by atomic mass is 9.96. The van der Waals surface area contributed by atoms with E-state index in [0.717, 1.165) is 40.5 Å². The number of phenolic OH excluding ortho intramolecular Hbond substituents is 1. The fourth-order valence-corrected chi connectivity index (χ4v) is 4.89. The predicted octanol–water partition coefficient (Wildman–Crippen LogP) is 7.15. The summed E-state index contributed by atoms with van der Waals surface area (Å²) < 4.78 is 11.9. The number of hydrogen-bond donors (Lipinski definition) is 1. The molecule has 4 aromatic rings. The number of benzene rings is 3. The van der Waals surface area contributed by atoms with Crippen LogP contribution in [0.15, 0.2) is 77.3 Å². The molecule has 180 valence electrons. The van der Waals surface area contributed by atoms with Gasteiger partial charge >= 0.3 is 0 Å². The first-order valence-electron chi connectivity index (χ1n) is 12.1. The van der Waals surface area contributed by atoms with Crippen molar-refractivity contribution in [3.8, 4) is 45.2 Å². The van der Waals surface area contributed by atoms with Crippen molar-refractivity contribution in [1.82, 2.24) is 10.1 Å². The fourth-order valence-electron chi connectivity index (χ4n) is 4.66. The zero-order valence-corrected chi connectivity index (χ0v) is 20.5. The number of halogens is 1. The lowest BCUT2D eigenvalue weighted by molar-refractivity contribution is 0.232. The van der Waals surface area contributed by atoms with Gasteiger partial charge in [0.2, 0.25) is 0 Å². The Hall–Kier alpha value is -3.28. The molecule has 0 unspecified atom stereocenters. The SMILES string of the molecule is CC[C@@H]1CCN(CCOc2ccc(-c3c(-c4ccccc4Cl)noc3-c3ccc(O)cc3)cc2)C1. The van der Waals surface area contributed by atoms with Gasteiger partial charge in [-0.15, -0.1) is 0 Å². The molecule has 0 spiro atoms. The molecular formula is C29H29ClN2O3. The average molecular weight is 489 g/mol. The molecule has 3 aromatic carbocycles. The van der Waals surface area contributed by atoms with E-state index in [0.29, 0.717) is 23.1 Å². The van der Waals surface area contributed by atoms with Gasteiger partial charge in [0.1, 0.15) is 23.8 Å². The summed E-state index contributed by atoms with van der Waals surface area (Å²) >= 11 is 6.51. The Bertz CT molecular complexity index is 1270. The second-order valence-corrected chi connectivity index (χ2v) is 9.41. The maximum atomic E-state index is 9.73. The summed E-state index contributed by atoms with van der Waals surface area (Å²) in [4.78, 5) is 2.49. The minimum absolute atomic E-state index is 0.196. The molecule has 0 radical (unpaired) electrons. The van der Waals surface area contributed by atoms with Crippen LogP contribution in [0.5, 0.6) is 11.5 Å². The molecule has 2 heterocycles. The number of aromatic nitrogens is 1. The lowest BCUT2D eigenvalue weighted by Gasteiger charge is -2.16. The zero-order valence-electron chi connectivity index (χ0n) is 19.8. The van der Waals surface area contributed by atoms with E-state index < -0.39 is 0 Å². The largest absolute Gasteiger partial charge is 0.508 e. The zero-order chi connectivity index (χ0) is 24.2. The maximum Gasteiger partial charge on any atom is 0.175 e. The number of nitrogens with zero attached hydrogens (tertiary/aromatic N) is 2. The minimum atomic E-state index is 0.196. The van der Waals surface area contributed by atoms with Crippen LogP contribution in [0.2, 0.25) is 5.02 Å². The molecule has 0 saturated carbocycles. The summed E-state index contributed by atoms with van der Waals surface area (Å²) in [5.41, 5.74) is 4.08. The number of likely N-dealkylation sites (tertiary alicyclic amines) is 1. The first-order chi connectivity index (χ1) is 17.1. The third kappa shape index (κ3) is 5.21. The Kier molecular flexibility index (Phi) is 7.07. The van der Waals surface area contributed by atoms with Gasteiger partial charge in [-0.2, -0.15) is 0 Å². The van der Waals surface area contributed by atoms with Crippen molar-refractivity contribution >= 4 is 11.6 Å². The molecule has 0 bridgehead atoms. The summed E-state index contributed by atoms with van der Waals surface area (Å²) in [5.74, 6) is 2.48. The second-order valence-electron chi connectivity index (χ2n) is 9.00. The van der Waals surface area contributed by atoms with Crippen LogP contribution in [0.3, 0.4) is 0 Å². The highest BCUT2D eigenvalue weighted by Gasteiger charge is 2.23. The Labute approximate surface area is 210 Å². The van der Waals surface area contributed by atoms with Gasteiger partial charge < -0.3 is 14.4 Å². The van der Waals surface area contributed by atoms with Crippen molar-refractivity contribution in [2.75, 3.05) is 26.2 Å². The standard InChI is InChI=1S/C29H29ClN2O3/c1-2-20-15-16-32(19-20)17-18-34-24-13-9-21(10-14-24)27-28(25-5-3-4-6-26(25)30)31-35-29(27)22-7-11-23(33)12-8-22/h3-14,20,33H,2,15-19H2,1H3/t20-/m1/s1. The number of ether oxygens (including phenoxy) is 1. The van der Waals surface area contributed by atoms with Crippen molar-refractivity contribution in [3.63, 3.8) is 0 Å². The smallest absolute Gasteiger partial charge is 0.175 e. The third-order valence-corrected chi connectivity index (χ3v) is 7.05. The van der Waals surface area contributed by atoms with E-state index >= 15 is 0 Å². The summed E-state index contributed by atoms with van der Waals surface area (Å²) in [7, 11) is 0. The van der Waals surface area contributed by atoms with Crippen LogP contribution in [0.1, 0.15) is 19.8 Å². The van der Waals surface area contributed by atoms with Crippen molar-refractivity contribution < 1.29 is 14.4 Å². The summed E-state index contributed by atoms with van der Waals surface area (Å²) in [6.45, 7) is 6.24. The van der Waals surface area contributed by atoms with Crippen LogP contribution in [-0.2, 0) is 0 Å². The Balaban J connectivity index is 1.40. The van der Waals surface area contributed by atoms with Crippen LogP contribution >= 0.6 is 11.6 Å². The van der Waals surface area contributed by atoms with Gasteiger partial charge in [-0.3, -0.25) is 4.90 Å². The predicted molar refractivity (Wildman–Crippen MR) is 140 cm³/mol. The molecule has 1 aliphatic rings. The van der Waals surface area contributed by atoms with Gasteiger partial charge in [-0.1, -0.05) is 60.4 Å². The highest BCUT2D eigenvalue weighted by Crippen LogP contribution is 2.42. The molecule has 1 saturated heterocycles. The number of rotatable bonds is 8. The van der Waals surface area contributed by atoms with Crippen LogP contribution in [-0.4, -0.2) is 41.4 Å². The van der Waals surface area contributed by atoms with Crippen LogP contribution in [0.4, 0.5) is 0 Å². The number of phenols is 1. The van der Waals surface area contributed by atoms with Crippen molar-refractivity contribution in [1.29, 1.82) is 0 Å². The molecule has 5 rings (SSSR count). The summed E-state index contributed by atoms with van der Waals surface area (Å²) in [6.07, 6.45) is 2.55. The van der Waals surface area contributed by atoms with Crippen molar-refractivity contribution in [3.05, 3.63) is 77.8 Å². The van der Waals surface area contributed by atoms with Crippen molar-refractivity contribution in [2.24, 2.45) is 5.92 Å². The summed E-state index contributed by atoms with van der Waals surface area (Å²) in [5, 5.41) is 14.7. The van der Waals surface area contributed by atoms with Crippen LogP contribution < -0.4 is 4.74 Å². The molecule has 1 aromatic heterocycles. The van der Waals surface area contributed by atoms with E-state index in [1.807, 2.05) is 60.7 Å². The minimum Gasteiger partial charge on any atom is -0.508 e. The van der Waals surface area contributed by atoms with Gasteiger partial charge in [0.05, 0.1) is 10.6 Å². The Morgan fingerprint density at radius 3 is 2.49 bits per heavy atom. The lowest BCUT2D eigenvalue weighted by Crippen LogP contribution is -2.26. The molecule has 0 amide bonds. The monoisotopic (exact) mass is 488 g/mol. The van der Waals surface area contributed by atoms with Crippen molar-refractivity contribution in [2.45, 2.75) is 19.8 Å². The topological polar surface area (TPSA) is 58.7 Å². The normalized spacial score (nSPS) is 16.0. The molecule has 1 fully saturated rings. The molecule has 6 heteroatoms. The van der Waals surface area contributed by atoms with Gasteiger partial charge in [0.25, 0.3) is 0 Å². The molecule has 0 aliphatic carbocycles. The van der Waals surface area contributed by atoms with Gasteiger partial charge in [-0.25, -0.2) is 0 Å². The van der Waals surface area contributed by atoms with E-state index in [1.54, 1.807) is 12.1 Å². The van der Waals surface area contributed by atoms with Crippen LogP contribution in [0.25, 0.3) is 33.7 Å². The first kappa shape index (κ1) is 23.5. The molecule has 1 aliphatic heterocycles. The quantitative estimate of drug-likeness (QED) is 0.285. The van der Waals surface area contributed by atoms with Gasteiger partial charge in [0, 0.05) is 24.2 Å². The first-order valence-corrected chi connectivity index (χ1v) is 12.5.